The molecule has 1 aromatic carbocycles. The molecule has 1 aliphatic heterocycles. The van der Waals surface area contributed by atoms with Crippen LogP contribution in [0.3, 0.4) is 0 Å². The van der Waals surface area contributed by atoms with Crippen molar-refractivity contribution in [2.24, 2.45) is 10.8 Å². The normalized spacial score (nSPS) is 21.0. The highest BCUT2D eigenvalue weighted by atomic mass is 16.5. The Bertz CT molecular complexity index is 1190. The number of carboxylic acid groups (broad SMARTS) is 1. The largest absolute Gasteiger partial charge is 0.493 e. The Morgan fingerprint density at radius 3 is 2.05 bits per heavy atom. The fraction of sp³-hybridized carbons (Fsp3) is 0.500. The fourth-order valence-corrected chi connectivity index (χ4v) is 6.10. The smallest absolute Gasteiger partial charge is 0.341 e. The summed E-state index contributed by atoms with van der Waals surface area (Å²) in [7, 11) is 3.48. The average molecular weight is 508 g/mol. The fourth-order valence-electron chi connectivity index (χ4n) is 6.10. The third-order valence-corrected chi connectivity index (χ3v) is 7.59. The van der Waals surface area contributed by atoms with E-state index in [9.17, 15) is 14.4 Å². The van der Waals surface area contributed by atoms with Crippen molar-refractivity contribution in [3.05, 3.63) is 58.5 Å². The van der Waals surface area contributed by atoms with E-state index in [1.807, 2.05) is 13.1 Å². The predicted octanol–water partition coefficient (Wildman–Crippen LogP) is 5.20. The maximum absolute atomic E-state index is 13.7. The average Bonchev–Trinajstić information content (AvgIpc) is 2.78. The monoisotopic (exact) mass is 507 g/mol. The number of carbonyl (C=O) groups is 3. The molecule has 0 saturated carbocycles. The van der Waals surface area contributed by atoms with E-state index >= 15 is 0 Å². The molecule has 3 aliphatic rings. The first-order chi connectivity index (χ1) is 17.3. The van der Waals surface area contributed by atoms with E-state index in [1.165, 1.54) is 7.11 Å². The van der Waals surface area contributed by atoms with Crippen LogP contribution in [-0.4, -0.2) is 48.3 Å². The maximum atomic E-state index is 13.7. The molecule has 0 radical (unpaired) electrons. The Morgan fingerprint density at radius 1 is 1.05 bits per heavy atom. The Kier molecular flexibility index (Phi) is 6.86. The summed E-state index contributed by atoms with van der Waals surface area (Å²) in [5.41, 5.74) is 4.42. The van der Waals surface area contributed by atoms with E-state index in [0.717, 1.165) is 29.8 Å². The standard InChI is InChI=1S/C30H37NO6/c1-8-9-17-10-18(11-23(36-7)28(17)37-16-24(34)35)25-26-19(12-29(2,3)14-21(26)32)31(6)20-13-30(4,5)15-22(33)27(20)25/h8,10-11,25H,1,9,12-16H2,2-7H3,(H,34,35). The minimum absolute atomic E-state index is 0.0581. The molecule has 1 aromatic rings. The van der Waals surface area contributed by atoms with Gasteiger partial charge in [-0.15, -0.1) is 6.58 Å². The summed E-state index contributed by atoms with van der Waals surface area (Å²) in [6, 6.07) is 3.70. The molecule has 0 atom stereocenters. The number of hydrogen-bond acceptors (Lipinski definition) is 6. The quantitative estimate of drug-likeness (QED) is 0.507. The number of methoxy groups -OCH3 is 1. The van der Waals surface area contributed by atoms with E-state index in [-0.39, 0.29) is 22.4 Å². The number of Topliss-reactive ketones (excluding diaryl/α,β-unsaturated/α-hetero) is 2. The van der Waals surface area contributed by atoms with Crippen LogP contribution < -0.4 is 9.47 Å². The molecule has 0 spiro atoms. The van der Waals surface area contributed by atoms with E-state index in [2.05, 4.69) is 39.2 Å². The number of carbonyl (C=O) groups excluding carboxylic acids is 2. The second-order valence-corrected chi connectivity index (χ2v) is 12.0. The third-order valence-electron chi connectivity index (χ3n) is 7.59. The van der Waals surface area contributed by atoms with Crippen LogP contribution >= 0.6 is 0 Å². The molecular weight excluding hydrogens is 470 g/mol. The SMILES string of the molecule is C=CCc1cc(C2C3=C(CC(C)(C)CC3=O)N(C)C3=C2C(=O)CC(C)(C)C3)cc(OC)c1OCC(=O)O. The summed E-state index contributed by atoms with van der Waals surface area (Å²) in [6.07, 6.45) is 4.42. The number of ether oxygens (including phenoxy) is 2. The lowest BCUT2D eigenvalue weighted by atomic mass is 9.63. The summed E-state index contributed by atoms with van der Waals surface area (Å²) < 4.78 is 11.2. The lowest BCUT2D eigenvalue weighted by Crippen LogP contribution is -2.43. The molecule has 4 rings (SSSR count). The summed E-state index contributed by atoms with van der Waals surface area (Å²) in [5, 5.41) is 9.17. The van der Waals surface area contributed by atoms with Gasteiger partial charge in [-0.05, 0) is 41.7 Å². The van der Waals surface area contributed by atoms with Crippen molar-refractivity contribution >= 4 is 17.5 Å². The summed E-state index contributed by atoms with van der Waals surface area (Å²) >= 11 is 0. The van der Waals surface area contributed by atoms with Crippen molar-refractivity contribution in [3.8, 4) is 11.5 Å². The van der Waals surface area contributed by atoms with Crippen molar-refractivity contribution in [2.45, 2.75) is 65.7 Å². The Labute approximate surface area is 218 Å². The molecule has 7 nitrogen and oxygen atoms in total. The third kappa shape index (κ3) is 4.96. The molecule has 7 heteroatoms. The summed E-state index contributed by atoms with van der Waals surface area (Å²) in [5.74, 6) is -0.797. The predicted molar refractivity (Wildman–Crippen MR) is 141 cm³/mol. The second kappa shape index (κ2) is 9.51. The first-order valence-corrected chi connectivity index (χ1v) is 12.7. The van der Waals surface area contributed by atoms with Crippen LogP contribution in [0.5, 0.6) is 11.5 Å². The zero-order chi connectivity index (χ0) is 27.3. The minimum atomic E-state index is -1.10. The molecule has 0 bridgehead atoms. The van der Waals surface area contributed by atoms with Crippen molar-refractivity contribution in [1.29, 1.82) is 0 Å². The van der Waals surface area contributed by atoms with Gasteiger partial charge in [-0.25, -0.2) is 4.79 Å². The number of rotatable bonds is 7. The molecule has 37 heavy (non-hydrogen) atoms. The Hall–Kier alpha value is -3.35. The Balaban J connectivity index is 1.98. The van der Waals surface area contributed by atoms with Gasteiger partial charge in [0.15, 0.2) is 29.7 Å². The zero-order valence-electron chi connectivity index (χ0n) is 22.7. The van der Waals surface area contributed by atoms with Crippen LogP contribution in [0.2, 0.25) is 0 Å². The molecule has 1 N–H and O–H groups in total. The van der Waals surface area contributed by atoms with Gasteiger partial charge in [-0.1, -0.05) is 39.8 Å². The van der Waals surface area contributed by atoms with Gasteiger partial charge >= 0.3 is 5.97 Å². The van der Waals surface area contributed by atoms with Gasteiger partial charge in [0.05, 0.1) is 7.11 Å². The second-order valence-electron chi connectivity index (χ2n) is 12.0. The first-order valence-electron chi connectivity index (χ1n) is 12.7. The number of benzene rings is 1. The van der Waals surface area contributed by atoms with E-state index in [0.29, 0.717) is 47.5 Å². The highest BCUT2D eigenvalue weighted by Crippen LogP contribution is 2.54. The van der Waals surface area contributed by atoms with Crippen LogP contribution in [0.4, 0.5) is 0 Å². The Morgan fingerprint density at radius 2 is 1.59 bits per heavy atom. The molecule has 0 fully saturated rings. The van der Waals surface area contributed by atoms with Gasteiger partial charge in [0, 0.05) is 53.9 Å². The van der Waals surface area contributed by atoms with Gasteiger partial charge in [0.25, 0.3) is 0 Å². The molecule has 0 amide bonds. The van der Waals surface area contributed by atoms with Crippen molar-refractivity contribution in [2.75, 3.05) is 20.8 Å². The molecule has 0 unspecified atom stereocenters. The number of aliphatic carboxylic acids is 1. The molecule has 0 aromatic heterocycles. The number of ketones is 2. The molecule has 2 aliphatic carbocycles. The molecular formula is C30H37NO6. The number of nitrogens with zero attached hydrogens (tertiary/aromatic N) is 1. The van der Waals surface area contributed by atoms with E-state index < -0.39 is 18.5 Å². The van der Waals surface area contributed by atoms with Gasteiger partial charge in [0.2, 0.25) is 0 Å². The lowest BCUT2D eigenvalue weighted by Gasteiger charge is -2.48. The van der Waals surface area contributed by atoms with Crippen LogP contribution in [0, 0.1) is 10.8 Å². The van der Waals surface area contributed by atoms with Crippen LogP contribution in [0.25, 0.3) is 0 Å². The number of allylic oxidation sites excluding steroid dienone is 5. The topological polar surface area (TPSA) is 93.1 Å². The highest BCUT2D eigenvalue weighted by Gasteiger charge is 2.48. The van der Waals surface area contributed by atoms with Gasteiger partial charge in [-0.3, -0.25) is 9.59 Å². The number of carboxylic acids is 1. The number of hydrogen-bond donors (Lipinski definition) is 1. The molecule has 198 valence electrons. The first kappa shape index (κ1) is 26.7. The summed E-state index contributed by atoms with van der Waals surface area (Å²) in [4.78, 5) is 40.8. The zero-order valence-corrected chi connectivity index (χ0v) is 22.7. The van der Waals surface area contributed by atoms with Crippen molar-refractivity contribution in [1.82, 2.24) is 4.90 Å². The van der Waals surface area contributed by atoms with Gasteiger partial charge < -0.3 is 19.5 Å². The van der Waals surface area contributed by atoms with Gasteiger partial charge in [0.1, 0.15) is 0 Å². The lowest BCUT2D eigenvalue weighted by molar-refractivity contribution is -0.139. The van der Waals surface area contributed by atoms with E-state index in [4.69, 9.17) is 14.6 Å². The van der Waals surface area contributed by atoms with Crippen LogP contribution in [0.15, 0.2) is 47.3 Å². The summed E-state index contributed by atoms with van der Waals surface area (Å²) in [6.45, 7) is 11.8. The molecule has 1 heterocycles. The maximum Gasteiger partial charge on any atom is 0.341 e. The molecule has 0 saturated heterocycles. The minimum Gasteiger partial charge on any atom is -0.493 e. The van der Waals surface area contributed by atoms with Crippen LogP contribution in [-0.2, 0) is 20.8 Å². The van der Waals surface area contributed by atoms with Crippen molar-refractivity contribution in [3.63, 3.8) is 0 Å². The van der Waals surface area contributed by atoms with Crippen LogP contribution in [0.1, 0.15) is 70.4 Å². The van der Waals surface area contributed by atoms with Gasteiger partial charge in [-0.2, -0.15) is 0 Å². The van der Waals surface area contributed by atoms with Crippen molar-refractivity contribution < 1.29 is 29.0 Å². The highest BCUT2D eigenvalue weighted by molar-refractivity contribution is 6.06. The van der Waals surface area contributed by atoms with E-state index in [1.54, 1.807) is 12.1 Å².